The number of aldehydes is 1. The van der Waals surface area contributed by atoms with Gasteiger partial charge < -0.3 is 13.8 Å². The zero-order valence-electron chi connectivity index (χ0n) is 20.6. The van der Waals surface area contributed by atoms with Crippen molar-refractivity contribution in [2.75, 3.05) is 0 Å². The van der Waals surface area contributed by atoms with Crippen LogP contribution in [0.3, 0.4) is 0 Å². The Morgan fingerprint density at radius 2 is 1.81 bits per heavy atom. The fourth-order valence-corrected chi connectivity index (χ4v) is 5.47. The van der Waals surface area contributed by atoms with E-state index >= 15 is 0 Å². The van der Waals surface area contributed by atoms with Crippen molar-refractivity contribution in [2.24, 2.45) is 17.3 Å². The van der Waals surface area contributed by atoms with Crippen LogP contribution in [0.1, 0.15) is 87.0 Å². The molecular weight excluding hydrogens is 445 g/mol. The SMILES string of the molecule is C/C=C(\C)CC/C=C(/C)CCCC(C)C(OPP)C(C)C(=O)C(C)(C)C(CC=O)OP. The van der Waals surface area contributed by atoms with Gasteiger partial charge in [-0.3, -0.25) is 4.79 Å². The smallest absolute Gasteiger partial charge is 0.146 e. The van der Waals surface area contributed by atoms with Crippen LogP contribution in [-0.4, -0.2) is 24.3 Å². The molecule has 0 spiro atoms. The third kappa shape index (κ3) is 11.1. The van der Waals surface area contributed by atoms with Gasteiger partial charge in [0, 0.05) is 30.3 Å². The summed E-state index contributed by atoms with van der Waals surface area (Å²) < 4.78 is 11.4. The summed E-state index contributed by atoms with van der Waals surface area (Å²) in [5, 5.41) is 0. The molecule has 7 atom stereocenters. The summed E-state index contributed by atoms with van der Waals surface area (Å²) in [4.78, 5) is 24.3. The molecule has 0 saturated heterocycles. The molecule has 0 aromatic rings. The number of allylic oxidation sites excluding steroid dienone is 4. The maximum atomic E-state index is 13.3. The summed E-state index contributed by atoms with van der Waals surface area (Å²) in [5.41, 5.74) is 2.10. The number of hydrogen-bond donors (Lipinski definition) is 0. The van der Waals surface area contributed by atoms with Crippen molar-refractivity contribution < 1.29 is 18.6 Å². The Balaban J connectivity index is 4.99. The van der Waals surface area contributed by atoms with Crippen LogP contribution in [0.2, 0.25) is 0 Å². The van der Waals surface area contributed by atoms with Crippen LogP contribution < -0.4 is 0 Å². The van der Waals surface area contributed by atoms with Gasteiger partial charge in [0.2, 0.25) is 0 Å². The number of carbonyl (C=O) groups excluding carboxylic acids is 2. The van der Waals surface area contributed by atoms with E-state index in [-0.39, 0.29) is 38.6 Å². The third-order valence-corrected chi connectivity index (χ3v) is 7.49. The lowest BCUT2D eigenvalue weighted by Crippen LogP contribution is -2.45. The molecule has 0 radical (unpaired) electrons. The zero-order valence-corrected chi connectivity index (χ0v) is 23.9. The zero-order chi connectivity index (χ0) is 24.0. The fourth-order valence-electron chi connectivity index (χ4n) is 3.95. The Kier molecular flexibility index (Phi) is 16.6. The molecule has 0 fully saturated rings. The Bertz CT molecular complexity index is 602. The summed E-state index contributed by atoms with van der Waals surface area (Å²) in [5.74, 6) is 0.0763. The maximum absolute atomic E-state index is 13.3. The van der Waals surface area contributed by atoms with Gasteiger partial charge in [-0.15, -0.1) is 0 Å². The second-order valence-corrected chi connectivity index (χ2v) is 10.6. The standard InChI is InChI=1S/C24H45O4P3/c1-8-17(2)11-9-12-18(3)13-10-14-19(4)22(28-31-30)20(5)23(26)24(6,7)21(27-29)15-16-25/h8,12,16,19-22,31H,9-11,13-15,29-30H2,1-7H3/b17-8+,18-12-. The van der Waals surface area contributed by atoms with Crippen molar-refractivity contribution in [3.63, 3.8) is 0 Å². The van der Waals surface area contributed by atoms with Crippen LogP contribution in [0.15, 0.2) is 23.3 Å². The van der Waals surface area contributed by atoms with Gasteiger partial charge in [-0.05, 0) is 58.8 Å². The van der Waals surface area contributed by atoms with Gasteiger partial charge in [0.1, 0.15) is 12.1 Å². The maximum Gasteiger partial charge on any atom is 0.146 e. The predicted molar refractivity (Wildman–Crippen MR) is 142 cm³/mol. The number of rotatable bonds is 17. The molecule has 0 aliphatic heterocycles. The van der Waals surface area contributed by atoms with Gasteiger partial charge >= 0.3 is 0 Å². The van der Waals surface area contributed by atoms with E-state index in [1.165, 1.54) is 11.1 Å². The molecule has 0 aromatic carbocycles. The molecule has 4 nitrogen and oxygen atoms in total. The normalized spacial score (nSPS) is 17.6. The van der Waals surface area contributed by atoms with Crippen LogP contribution >= 0.6 is 26.9 Å². The molecule has 31 heavy (non-hydrogen) atoms. The second-order valence-electron chi connectivity index (χ2n) is 9.20. The van der Waals surface area contributed by atoms with E-state index in [4.69, 9.17) is 9.05 Å². The number of carbonyl (C=O) groups is 2. The van der Waals surface area contributed by atoms with Gasteiger partial charge in [-0.25, -0.2) is 0 Å². The average molecular weight is 491 g/mol. The van der Waals surface area contributed by atoms with E-state index < -0.39 is 11.5 Å². The van der Waals surface area contributed by atoms with Gasteiger partial charge in [0.15, 0.2) is 0 Å². The predicted octanol–water partition coefficient (Wildman–Crippen LogP) is 7.25. The highest BCUT2D eigenvalue weighted by molar-refractivity contribution is 8.00. The van der Waals surface area contributed by atoms with Crippen LogP contribution in [0.25, 0.3) is 0 Å². The first-order valence-corrected chi connectivity index (χ1v) is 14.5. The molecule has 0 bridgehead atoms. The largest absolute Gasteiger partial charge is 0.361 e. The summed E-state index contributed by atoms with van der Waals surface area (Å²) in [7, 11) is 5.07. The minimum Gasteiger partial charge on any atom is -0.361 e. The molecule has 0 aromatic heterocycles. The lowest BCUT2D eigenvalue weighted by atomic mass is 9.73. The van der Waals surface area contributed by atoms with Crippen molar-refractivity contribution in [2.45, 2.75) is 99.2 Å². The monoisotopic (exact) mass is 490 g/mol. The highest BCUT2D eigenvalue weighted by Crippen LogP contribution is 2.38. The first-order valence-electron chi connectivity index (χ1n) is 11.3. The molecule has 0 aliphatic carbocycles. The fraction of sp³-hybridized carbons (Fsp3) is 0.750. The molecule has 0 rings (SSSR count). The quantitative estimate of drug-likeness (QED) is 0.122. The first kappa shape index (κ1) is 31.0. The average Bonchev–Trinajstić information content (AvgIpc) is 2.74. The van der Waals surface area contributed by atoms with E-state index in [1.807, 2.05) is 20.8 Å². The van der Waals surface area contributed by atoms with Crippen molar-refractivity contribution in [3.05, 3.63) is 23.3 Å². The van der Waals surface area contributed by atoms with Crippen LogP contribution in [0, 0.1) is 17.3 Å². The topological polar surface area (TPSA) is 52.6 Å². The second kappa shape index (κ2) is 16.6. The van der Waals surface area contributed by atoms with E-state index in [0.717, 1.165) is 38.4 Å². The van der Waals surface area contributed by atoms with Crippen LogP contribution in [-0.2, 0) is 18.6 Å². The molecule has 7 heteroatoms. The minimum absolute atomic E-state index is 0.0809. The Labute approximate surface area is 197 Å². The third-order valence-electron chi connectivity index (χ3n) is 6.34. The molecular formula is C24H45O4P3. The lowest BCUT2D eigenvalue weighted by molar-refractivity contribution is -0.139. The minimum atomic E-state index is -0.766. The van der Waals surface area contributed by atoms with Crippen LogP contribution in [0.5, 0.6) is 0 Å². The highest BCUT2D eigenvalue weighted by atomic mass is 32.0. The number of Topliss-reactive ketones (excluding diaryl/α,β-unsaturated/α-hetero) is 1. The summed E-state index contributed by atoms with van der Waals surface area (Å²) in [6, 6.07) is 0. The lowest BCUT2D eigenvalue weighted by Gasteiger charge is -2.36. The van der Waals surface area contributed by atoms with Gasteiger partial charge in [-0.1, -0.05) is 59.9 Å². The van der Waals surface area contributed by atoms with Crippen molar-refractivity contribution >= 4 is 39.0 Å². The van der Waals surface area contributed by atoms with Crippen LogP contribution in [0.4, 0.5) is 0 Å². The van der Waals surface area contributed by atoms with E-state index in [1.54, 1.807) is 0 Å². The summed E-state index contributed by atoms with van der Waals surface area (Å²) >= 11 is 0. The van der Waals surface area contributed by atoms with Gasteiger partial charge in [0.05, 0.1) is 17.6 Å². The van der Waals surface area contributed by atoms with Gasteiger partial charge in [-0.2, -0.15) is 0 Å². The molecule has 7 unspecified atom stereocenters. The van der Waals surface area contributed by atoms with Crippen molar-refractivity contribution in [1.82, 2.24) is 0 Å². The summed E-state index contributed by atoms with van der Waals surface area (Å²) in [6.45, 7) is 14.3. The van der Waals surface area contributed by atoms with Crippen molar-refractivity contribution in [3.8, 4) is 0 Å². The molecule has 0 N–H and O–H groups in total. The van der Waals surface area contributed by atoms with E-state index in [2.05, 4.69) is 58.2 Å². The Hall–Kier alpha value is 0.0300. The number of hydrogen-bond acceptors (Lipinski definition) is 4. The molecule has 0 heterocycles. The first-order chi connectivity index (χ1) is 14.6. The molecule has 0 aliphatic rings. The number of ketones is 1. The Morgan fingerprint density at radius 1 is 1.16 bits per heavy atom. The highest BCUT2D eigenvalue weighted by Gasteiger charge is 2.42. The Morgan fingerprint density at radius 3 is 2.32 bits per heavy atom. The molecule has 180 valence electrons. The van der Waals surface area contributed by atoms with E-state index in [9.17, 15) is 9.59 Å². The molecule has 0 saturated carbocycles. The van der Waals surface area contributed by atoms with Crippen molar-refractivity contribution in [1.29, 1.82) is 0 Å². The molecule has 0 amide bonds. The van der Waals surface area contributed by atoms with E-state index in [0.29, 0.717) is 0 Å². The summed E-state index contributed by atoms with van der Waals surface area (Å²) in [6.07, 6.45) is 10.3. The van der Waals surface area contributed by atoms with Gasteiger partial charge in [0.25, 0.3) is 0 Å².